The summed E-state index contributed by atoms with van der Waals surface area (Å²) in [5, 5.41) is 10.2. The lowest BCUT2D eigenvalue weighted by molar-refractivity contribution is -0.183. The topological polar surface area (TPSA) is 54.4 Å². The van der Waals surface area contributed by atoms with E-state index in [-0.39, 0.29) is 17.5 Å². The fourth-order valence-electron chi connectivity index (χ4n) is 3.88. The average molecular weight is 206 g/mol. The van der Waals surface area contributed by atoms with Gasteiger partial charge in [0.2, 0.25) is 0 Å². The fourth-order valence-corrected chi connectivity index (χ4v) is 3.88. The number of rotatable bonds is 1. The molecule has 0 radical (unpaired) electrons. The molecule has 0 amide bonds. The summed E-state index contributed by atoms with van der Waals surface area (Å²) in [6.07, 6.45) is 4.21. The Kier molecular flexibility index (Phi) is 1.49. The van der Waals surface area contributed by atoms with E-state index < -0.39 is 11.0 Å². The highest BCUT2D eigenvalue weighted by atomic mass is 16.3. The van der Waals surface area contributed by atoms with E-state index in [0.29, 0.717) is 18.8 Å². The molecule has 15 heavy (non-hydrogen) atoms. The summed E-state index contributed by atoms with van der Waals surface area (Å²) in [4.78, 5) is 24.0. The van der Waals surface area contributed by atoms with E-state index in [0.717, 1.165) is 12.8 Å². The minimum absolute atomic E-state index is 0.113. The number of allylic oxidation sites excluding steroid dienone is 1. The lowest BCUT2D eigenvalue weighted by Gasteiger charge is -2.56. The lowest BCUT2D eigenvalue weighted by Crippen LogP contribution is -2.68. The summed E-state index contributed by atoms with van der Waals surface area (Å²) < 4.78 is 0. The third-order valence-corrected chi connectivity index (χ3v) is 4.46. The van der Waals surface area contributed by atoms with Gasteiger partial charge in [-0.1, -0.05) is 6.08 Å². The van der Waals surface area contributed by atoms with Crippen LogP contribution >= 0.6 is 0 Å². The monoisotopic (exact) mass is 206 g/mol. The third-order valence-electron chi connectivity index (χ3n) is 4.46. The Bertz CT molecular complexity index is 376. The van der Waals surface area contributed by atoms with E-state index in [1.54, 1.807) is 6.08 Å². The van der Waals surface area contributed by atoms with Gasteiger partial charge in [-0.15, -0.1) is 6.58 Å². The molecule has 4 rings (SSSR count). The molecule has 0 aromatic carbocycles. The molecule has 0 aliphatic heterocycles. The molecule has 3 nitrogen and oxygen atoms in total. The Morgan fingerprint density at radius 1 is 1.33 bits per heavy atom. The van der Waals surface area contributed by atoms with Crippen LogP contribution in [0.4, 0.5) is 0 Å². The van der Waals surface area contributed by atoms with Crippen molar-refractivity contribution in [1.82, 2.24) is 0 Å². The SMILES string of the molecule is C=CC12CC3CC(C1)C(=O)C(O)(C3)C2=O. The van der Waals surface area contributed by atoms with Crippen LogP contribution in [0.15, 0.2) is 12.7 Å². The summed E-state index contributed by atoms with van der Waals surface area (Å²) in [6, 6.07) is 0. The smallest absolute Gasteiger partial charge is 0.182 e. The Balaban J connectivity index is 2.17. The molecule has 4 fully saturated rings. The van der Waals surface area contributed by atoms with Gasteiger partial charge in [-0.05, 0) is 31.6 Å². The van der Waals surface area contributed by atoms with Crippen molar-refractivity contribution in [2.24, 2.45) is 17.3 Å². The number of carbonyl (C=O) groups excluding carboxylic acids is 2. The maximum absolute atomic E-state index is 12.1. The van der Waals surface area contributed by atoms with Gasteiger partial charge < -0.3 is 5.11 Å². The van der Waals surface area contributed by atoms with Crippen LogP contribution in [0.2, 0.25) is 0 Å². The first-order valence-electron chi connectivity index (χ1n) is 5.47. The summed E-state index contributed by atoms with van der Waals surface area (Å²) in [5.74, 6) is -0.316. The van der Waals surface area contributed by atoms with Gasteiger partial charge in [0.1, 0.15) is 0 Å². The van der Waals surface area contributed by atoms with Crippen LogP contribution in [-0.4, -0.2) is 22.3 Å². The largest absolute Gasteiger partial charge is 0.374 e. The highest BCUT2D eigenvalue weighted by molar-refractivity contribution is 6.17. The second-order valence-corrected chi connectivity index (χ2v) is 5.32. The molecule has 4 bridgehead atoms. The molecular weight excluding hydrogens is 192 g/mol. The summed E-state index contributed by atoms with van der Waals surface area (Å²) >= 11 is 0. The molecule has 4 aliphatic rings. The highest BCUT2D eigenvalue weighted by Crippen LogP contribution is 2.58. The molecule has 1 N–H and O–H groups in total. The zero-order valence-corrected chi connectivity index (χ0v) is 8.53. The molecule has 3 heteroatoms. The Morgan fingerprint density at radius 2 is 2.07 bits per heavy atom. The van der Waals surface area contributed by atoms with Crippen molar-refractivity contribution < 1.29 is 14.7 Å². The second-order valence-electron chi connectivity index (χ2n) is 5.32. The molecule has 0 heterocycles. The van der Waals surface area contributed by atoms with Gasteiger partial charge in [0.15, 0.2) is 17.2 Å². The molecule has 0 saturated heterocycles. The van der Waals surface area contributed by atoms with Gasteiger partial charge in [0, 0.05) is 5.92 Å². The molecular formula is C12H14O3. The van der Waals surface area contributed by atoms with Crippen LogP contribution < -0.4 is 0 Å². The molecule has 4 aliphatic carbocycles. The van der Waals surface area contributed by atoms with Gasteiger partial charge in [-0.3, -0.25) is 9.59 Å². The third kappa shape index (κ3) is 0.858. The number of hydrogen-bond donors (Lipinski definition) is 1. The van der Waals surface area contributed by atoms with E-state index in [1.165, 1.54) is 0 Å². The molecule has 4 saturated carbocycles. The van der Waals surface area contributed by atoms with E-state index in [4.69, 9.17) is 0 Å². The molecule has 4 atom stereocenters. The standard InChI is InChI=1S/C12H14O3/c1-2-11-4-7-3-8(6-11)9(13)12(15,5-7)10(11)14/h2,7-8,15H,1,3-6H2. The number of Topliss-reactive ketones (excluding diaryl/α,β-unsaturated/α-hetero) is 2. The van der Waals surface area contributed by atoms with Gasteiger partial charge in [-0.25, -0.2) is 0 Å². The van der Waals surface area contributed by atoms with Crippen LogP contribution in [0, 0.1) is 17.3 Å². The van der Waals surface area contributed by atoms with Crippen LogP contribution in [0.5, 0.6) is 0 Å². The molecule has 80 valence electrons. The first-order chi connectivity index (χ1) is 7.02. The first kappa shape index (κ1) is 9.28. The Labute approximate surface area is 88.2 Å². The minimum atomic E-state index is -1.67. The van der Waals surface area contributed by atoms with E-state index in [2.05, 4.69) is 6.58 Å². The van der Waals surface area contributed by atoms with Crippen LogP contribution in [0.25, 0.3) is 0 Å². The predicted octanol–water partition coefficient (Wildman–Crippen LogP) is 0.862. The van der Waals surface area contributed by atoms with E-state index >= 15 is 0 Å². The summed E-state index contributed by atoms with van der Waals surface area (Å²) in [7, 11) is 0. The zero-order valence-electron chi connectivity index (χ0n) is 8.53. The van der Waals surface area contributed by atoms with Crippen molar-refractivity contribution in [2.45, 2.75) is 31.3 Å². The normalized spacial score (nSPS) is 52.3. The van der Waals surface area contributed by atoms with Crippen molar-refractivity contribution in [2.75, 3.05) is 0 Å². The summed E-state index contributed by atoms with van der Waals surface area (Å²) in [5.41, 5.74) is -2.27. The maximum atomic E-state index is 12.1. The zero-order chi connectivity index (χ0) is 10.8. The number of hydrogen-bond acceptors (Lipinski definition) is 3. The van der Waals surface area contributed by atoms with Gasteiger partial charge in [0.25, 0.3) is 0 Å². The fraction of sp³-hybridized carbons (Fsp3) is 0.667. The molecule has 0 spiro atoms. The lowest BCUT2D eigenvalue weighted by atomic mass is 9.47. The van der Waals surface area contributed by atoms with Gasteiger partial charge in [-0.2, -0.15) is 0 Å². The van der Waals surface area contributed by atoms with Crippen molar-refractivity contribution in [3.8, 4) is 0 Å². The molecule has 0 aromatic heterocycles. The first-order valence-corrected chi connectivity index (χ1v) is 5.47. The summed E-state index contributed by atoms with van der Waals surface area (Å²) in [6.45, 7) is 3.71. The Hall–Kier alpha value is -0.960. The number of ketones is 2. The van der Waals surface area contributed by atoms with Crippen molar-refractivity contribution in [3.63, 3.8) is 0 Å². The average Bonchev–Trinajstić information content (AvgIpc) is 2.22. The minimum Gasteiger partial charge on any atom is -0.374 e. The van der Waals surface area contributed by atoms with Crippen molar-refractivity contribution in [3.05, 3.63) is 12.7 Å². The van der Waals surface area contributed by atoms with E-state index in [1.807, 2.05) is 0 Å². The van der Waals surface area contributed by atoms with Crippen LogP contribution in [0.1, 0.15) is 25.7 Å². The predicted molar refractivity (Wildman–Crippen MR) is 53.0 cm³/mol. The van der Waals surface area contributed by atoms with Gasteiger partial charge >= 0.3 is 0 Å². The van der Waals surface area contributed by atoms with Crippen molar-refractivity contribution >= 4 is 11.6 Å². The number of carbonyl (C=O) groups is 2. The molecule has 0 aromatic rings. The van der Waals surface area contributed by atoms with Gasteiger partial charge in [0.05, 0.1) is 5.41 Å². The number of aliphatic hydroxyl groups is 1. The Morgan fingerprint density at radius 3 is 2.73 bits per heavy atom. The molecule has 4 unspecified atom stereocenters. The van der Waals surface area contributed by atoms with Crippen LogP contribution in [-0.2, 0) is 9.59 Å². The van der Waals surface area contributed by atoms with Crippen molar-refractivity contribution in [1.29, 1.82) is 0 Å². The van der Waals surface area contributed by atoms with Crippen LogP contribution in [0.3, 0.4) is 0 Å². The maximum Gasteiger partial charge on any atom is 0.182 e. The van der Waals surface area contributed by atoms with E-state index in [9.17, 15) is 14.7 Å². The second kappa shape index (κ2) is 2.40. The highest BCUT2D eigenvalue weighted by Gasteiger charge is 2.66. The quantitative estimate of drug-likeness (QED) is 0.511.